The molecular formula is C44H52F2N14O2. The van der Waals surface area contributed by atoms with E-state index < -0.39 is 0 Å². The van der Waals surface area contributed by atoms with Crippen LogP contribution in [-0.2, 0) is 0 Å². The van der Waals surface area contributed by atoms with Crippen LogP contribution in [0.1, 0.15) is 27.7 Å². The smallest absolute Gasteiger partial charge is 0.320 e. The average molecular weight is 847 g/mol. The van der Waals surface area contributed by atoms with Gasteiger partial charge in [-0.15, -0.1) is 0 Å². The van der Waals surface area contributed by atoms with Crippen LogP contribution < -0.4 is 21.3 Å². The van der Waals surface area contributed by atoms with E-state index in [4.69, 9.17) is 21.4 Å². The van der Waals surface area contributed by atoms with Gasteiger partial charge >= 0.3 is 12.1 Å². The molecule has 4 amide bonds. The molecule has 2 saturated heterocycles. The Hall–Kier alpha value is -6.98. The molecule has 324 valence electrons. The van der Waals surface area contributed by atoms with Crippen LogP contribution in [0.2, 0.25) is 0 Å². The number of carbonyl (C=O) groups is 2. The minimum absolute atomic E-state index is 0.00608. The molecule has 6 aromatic rings. The Morgan fingerprint density at radius 3 is 1.26 bits per heavy atom. The Labute approximate surface area is 359 Å². The fourth-order valence-corrected chi connectivity index (χ4v) is 7.74. The maximum absolute atomic E-state index is 13.3. The number of carbonyl (C=O) groups excluding carboxylic acids is 2. The fraction of sp³-hybridized carbons (Fsp3) is 0.364. The molecule has 0 spiro atoms. The molecule has 2 aliphatic heterocycles. The first-order valence-electron chi connectivity index (χ1n) is 20.6. The molecule has 4 N–H and O–H groups in total. The summed E-state index contributed by atoms with van der Waals surface area (Å²) >= 11 is 0. The lowest BCUT2D eigenvalue weighted by molar-refractivity contribution is 0.122. The van der Waals surface area contributed by atoms with Crippen molar-refractivity contribution in [3.05, 3.63) is 84.4 Å². The van der Waals surface area contributed by atoms with Crippen LogP contribution >= 0.6 is 0 Å². The van der Waals surface area contributed by atoms with Crippen molar-refractivity contribution < 1.29 is 18.4 Å². The number of rotatable bonds is 6. The normalized spacial score (nSPS) is 14.4. The van der Waals surface area contributed by atoms with Gasteiger partial charge in [-0.25, -0.2) is 38.3 Å². The molecule has 2 aliphatic rings. The zero-order valence-electron chi connectivity index (χ0n) is 35.8. The van der Waals surface area contributed by atoms with Crippen LogP contribution in [0.4, 0.5) is 41.9 Å². The van der Waals surface area contributed by atoms with Crippen molar-refractivity contribution in [2.45, 2.75) is 39.8 Å². The second-order valence-corrected chi connectivity index (χ2v) is 16.0. The molecule has 62 heavy (non-hydrogen) atoms. The molecule has 4 aromatic heterocycles. The van der Waals surface area contributed by atoms with Crippen LogP contribution in [0.3, 0.4) is 0 Å². The summed E-state index contributed by atoms with van der Waals surface area (Å²) in [5, 5.41) is 0. The number of amides is 4. The Kier molecular flexibility index (Phi) is 12.7. The summed E-state index contributed by atoms with van der Waals surface area (Å²) in [5.41, 5.74) is 17.5. The Morgan fingerprint density at radius 1 is 0.532 bits per heavy atom. The molecule has 0 aliphatic carbocycles. The molecule has 2 aromatic carbocycles. The summed E-state index contributed by atoms with van der Waals surface area (Å²) in [5.74, 6) is 1.06. The van der Waals surface area contributed by atoms with Crippen LogP contribution in [-0.4, -0.2) is 140 Å². The number of aromatic nitrogens is 6. The zero-order chi connectivity index (χ0) is 44.2. The number of hydrogen-bond donors (Lipinski definition) is 2. The summed E-state index contributed by atoms with van der Waals surface area (Å²) in [6.45, 7) is 12.9. The van der Waals surface area contributed by atoms with Gasteiger partial charge in [-0.1, -0.05) is 0 Å². The van der Waals surface area contributed by atoms with Gasteiger partial charge in [0.05, 0.1) is 22.4 Å². The molecule has 6 heterocycles. The number of nitrogen functional groups attached to an aromatic ring is 2. The maximum Gasteiger partial charge on any atom is 0.320 e. The number of nitrogens with two attached hydrogens (primary N) is 2. The molecule has 18 heteroatoms. The average Bonchev–Trinajstić information content (AvgIpc) is 3.26. The maximum atomic E-state index is 13.3. The molecule has 2 fully saturated rings. The van der Waals surface area contributed by atoms with Crippen LogP contribution in [0.25, 0.3) is 44.6 Å². The SMILES string of the molecule is CC(C)N(C(=O)N1CCN(c2nc(N)nc3ccc(-c4ccc(F)cc4)nc23)CC1)C(C)C.CN(C)C(=O)N1CCN(c2nc(N)nc3ccc(-c4ccc(F)cc4)nc23)CC1. The standard InChI is InChI=1S/C24H30FN7O.C20H22FN7O/c1-15(2)32(16(3)4)24(33)31-13-11-30(12-14-31)22-21-20(28-23(26)29-22)10-9-19(27-21)17-5-7-18(25)8-6-17;1-26(2)20(29)28-11-9-27(10-12-28)18-17-16(24-19(22)25-18)8-7-15(23-17)13-3-5-14(21)6-4-13/h5-10,15-16H,11-14H2,1-4H3,(H2,26,28,29);3-8H,9-12H2,1-2H3,(H2,22,24,25). The van der Waals surface area contributed by atoms with Gasteiger partial charge in [-0.05, 0) is 100 Å². The molecule has 0 unspecified atom stereocenters. The van der Waals surface area contributed by atoms with Gasteiger partial charge in [0.25, 0.3) is 0 Å². The predicted octanol–water partition coefficient (Wildman–Crippen LogP) is 5.99. The molecular weight excluding hydrogens is 795 g/mol. The van der Waals surface area contributed by atoms with Gasteiger partial charge in [0.1, 0.15) is 22.7 Å². The molecule has 0 atom stereocenters. The van der Waals surface area contributed by atoms with Gasteiger partial charge in [0.2, 0.25) is 11.9 Å². The number of hydrogen-bond acceptors (Lipinski definition) is 12. The first-order chi connectivity index (χ1) is 29.7. The highest BCUT2D eigenvalue weighted by Crippen LogP contribution is 2.30. The quantitative estimate of drug-likeness (QED) is 0.200. The van der Waals surface area contributed by atoms with E-state index in [1.54, 1.807) is 48.2 Å². The van der Waals surface area contributed by atoms with Gasteiger partial charge in [-0.2, -0.15) is 9.97 Å². The van der Waals surface area contributed by atoms with E-state index in [0.717, 1.165) is 11.1 Å². The van der Waals surface area contributed by atoms with E-state index in [-0.39, 0.29) is 47.7 Å². The summed E-state index contributed by atoms with van der Waals surface area (Å²) in [7, 11) is 3.49. The summed E-state index contributed by atoms with van der Waals surface area (Å²) in [4.78, 5) is 63.7. The van der Waals surface area contributed by atoms with E-state index in [2.05, 4.69) is 29.7 Å². The topological polar surface area (TPSA) is 183 Å². The lowest BCUT2D eigenvalue weighted by atomic mass is 10.1. The van der Waals surface area contributed by atoms with Gasteiger partial charge in [0.15, 0.2) is 11.6 Å². The summed E-state index contributed by atoms with van der Waals surface area (Å²) in [6.07, 6.45) is 0. The van der Waals surface area contributed by atoms with Crippen molar-refractivity contribution in [3.63, 3.8) is 0 Å². The Balaban J connectivity index is 0.000000188. The van der Waals surface area contributed by atoms with Crippen LogP contribution in [0, 0.1) is 11.6 Å². The monoisotopic (exact) mass is 846 g/mol. The third kappa shape index (κ3) is 9.48. The van der Waals surface area contributed by atoms with Crippen molar-refractivity contribution in [1.82, 2.24) is 49.5 Å². The number of nitrogens with zero attached hydrogens (tertiary/aromatic N) is 12. The van der Waals surface area contributed by atoms with E-state index in [0.29, 0.717) is 97.4 Å². The number of fused-ring (bicyclic) bond motifs is 2. The van der Waals surface area contributed by atoms with Crippen LogP contribution in [0.5, 0.6) is 0 Å². The minimum atomic E-state index is -0.295. The van der Waals surface area contributed by atoms with Crippen LogP contribution in [0.15, 0.2) is 72.8 Å². The van der Waals surface area contributed by atoms with Crippen molar-refractivity contribution in [2.24, 2.45) is 0 Å². The summed E-state index contributed by atoms with van der Waals surface area (Å²) < 4.78 is 26.6. The van der Waals surface area contributed by atoms with Gasteiger partial charge in [0, 0.05) is 89.7 Å². The number of anilines is 4. The van der Waals surface area contributed by atoms with Crippen molar-refractivity contribution in [2.75, 3.05) is 87.7 Å². The Morgan fingerprint density at radius 2 is 0.903 bits per heavy atom. The third-order valence-electron chi connectivity index (χ3n) is 10.8. The second kappa shape index (κ2) is 18.3. The lowest BCUT2D eigenvalue weighted by Gasteiger charge is -2.40. The molecule has 0 radical (unpaired) electrons. The first kappa shape index (κ1) is 43.1. The third-order valence-corrected chi connectivity index (χ3v) is 10.8. The predicted molar refractivity (Wildman–Crippen MR) is 238 cm³/mol. The number of pyridine rings is 2. The highest BCUT2D eigenvalue weighted by molar-refractivity contribution is 5.90. The number of piperazine rings is 2. The highest BCUT2D eigenvalue weighted by Gasteiger charge is 2.30. The van der Waals surface area contributed by atoms with E-state index in [1.165, 1.54) is 24.3 Å². The van der Waals surface area contributed by atoms with Crippen molar-refractivity contribution in [1.29, 1.82) is 0 Å². The number of benzene rings is 2. The second-order valence-electron chi connectivity index (χ2n) is 16.0. The molecule has 8 rings (SSSR count). The minimum Gasteiger partial charge on any atom is -0.368 e. The number of urea groups is 2. The largest absolute Gasteiger partial charge is 0.368 e. The van der Waals surface area contributed by atoms with Crippen molar-refractivity contribution in [3.8, 4) is 22.5 Å². The molecule has 0 saturated carbocycles. The van der Waals surface area contributed by atoms with Crippen molar-refractivity contribution >= 4 is 57.7 Å². The highest BCUT2D eigenvalue weighted by atomic mass is 19.1. The van der Waals surface area contributed by atoms with Gasteiger partial charge < -0.3 is 40.9 Å². The Bertz CT molecular complexity index is 2530. The number of halogens is 2. The lowest BCUT2D eigenvalue weighted by Crippen LogP contribution is -2.56. The fourth-order valence-electron chi connectivity index (χ4n) is 7.74. The molecule has 16 nitrogen and oxygen atoms in total. The van der Waals surface area contributed by atoms with E-state index in [9.17, 15) is 18.4 Å². The van der Waals surface area contributed by atoms with E-state index in [1.807, 2.05) is 61.8 Å². The zero-order valence-corrected chi connectivity index (χ0v) is 35.8. The van der Waals surface area contributed by atoms with E-state index >= 15 is 0 Å². The summed E-state index contributed by atoms with van der Waals surface area (Å²) in [6, 6.07) is 20.1. The first-order valence-corrected chi connectivity index (χ1v) is 20.6. The van der Waals surface area contributed by atoms with Gasteiger partial charge in [-0.3, -0.25) is 0 Å². The molecule has 0 bridgehead atoms.